The molecule has 6 heteroatoms. The van der Waals surface area contributed by atoms with E-state index in [-0.39, 0.29) is 12.1 Å². The van der Waals surface area contributed by atoms with Crippen LogP contribution in [0.3, 0.4) is 0 Å². The molecule has 1 saturated carbocycles. The van der Waals surface area contributed by atoms with E-state index < -0.39 is 0 Å². The van der Waals surface area contributed by atoms with Gasteiger partial charge in [-0.15, -0.1) is 0 Å². The number of nitrogens with zero attached hydrogens (tertiary/aromatic N) is 2. The van der Waals surface area contributed by atoms with Gasteiger partial charge in [-0.3, -0.25) is 4.57 Å². The zero-order chi connectivity index (χ0) is 24.0. The van der Waals surface area contributed by atoms with E-state index in [0.29, 0.717) is 18.5 Å². The molecule has 1 N–H and O–H groups in total. The van der Waals surface area contributed by atoms with Gasteiger partial charge in [-0.25, -0.2) is 4.79 Å². The molecule has 1 aliphatic heterocycles. The number of fused-ring (bicyclic) bond motifs is 1. The number of likely N-dealkylation sites (tertiary alicyclic amines) is 1. The van der Waals surface area contributed by atoms with Gasteiger partial charge in [-0.1, -0.05) is 37.5 Å². The van der Waals surface area contributed by atoms with Crippen molar-refractivity contribution in [3.63, 3.8) is 0 Å². The molecule has 1 aliphatic carbocycles. The highest BCUT2D eigenvalue weighted by atomic mass is 16.6. The number of rotatable bonds is 8. The van der Waals surface area contributed by atoms with E-state index in [1.807, 2.05) is 59.2 Å². The van der Waals surface area contributed by atoms with Crippen LogP contribution in [0.1, 0.15) is 58.3 Å². The zero-order valence-electron chi connectivity index (χ0n) is 20.7. The molecule has 1 amide bonds. The average Bonchev–Trinajstić information content (AvgIpc) is 3.45. The van der Waals surface area contributed by atoms with Gasteiger partial charge in [0.15, 0.2) is 0 Å². The number of ether oxygens (including phenoxy) is 2. The Balaban J connectivity index is 1.25. The summed E-state index contributed by atoms with van der Waals surface area (Å²) in [5.74, 6) is 1.38. The van der Waals surface area contributed by atoms with Gasteiger partial charge in [-0.2, -0.15) is 0 Å². The molecule has 0 spiro atoms. The van der Waals surface area contributed by atoms with Crippen LogP contribution in [0.5, 0.6) is 11.6 Å². The minimum absolute atomic E-state index is 0.208. The van der Waals surface area contributed by atoms with Crippen LogP contribution >= 0.6 is 0 Å². The number of nitrogens with one attached hydrogen (secondary N) is 1. The minimum Gasteiger partial charge on any atom is -0.494 e. The second kappa shape index (κ2) is 11.2. The van der Waals surface area contributed by atoms with Crippen LogP contribution in [0.2, 0.25) is 0 Å². The highest BCUT2D eigenvalue weighted by molar-refractivity contribution is 5.85. The molecule has 35 heavy (non-hydrogen) atoms. The Labute approximate surface area is 208 Å². The maximum absolute atomic E-state index is 12.7. The molecular weight excluding hydrogens is 438 g/mol. The first-order valence-electron chi connectivity index (χ1n) is 13.2. The molecule has 6 nitrogen and oxygen atoms in total. The monoisotopic (exact) mass is 475 g/mol. The van der Waals surface area contributed by atoms with E-state index in [2.05, 4.69) is 17.1 Å². The predicted molar refractivity (Wildman–Crippen MR) is 140 cm³/mol. The van der Waals surface area contributed by atoms with Crippen LogP contribution in [0.15, 0.2) is 54.6 Å². The molecule has 0 bridgehead atoms. The Morgan fingerprint density at radius 1 is 1.00 bits per heavy atom. The van der Waals surface area contributed by atoms with E-state index in [1.165, 1.54) is 25.8 Å². The van der Waals surface area contributed by atoms with Crippen molar-refractivity contribution >= 4 is 17.0 Å². The van der Waals surface area contributed by atoms with Crippen molar-refractivity contribution in [3.8, 4) is 17.3 Å². The average molecular weight is 476 g/mol. The van der Waals surface area contributed by atoms with E-state index in [4.69, 9.17) is 9.47 Å². The summed E-state index contributed by atoms with van der Waals surface area (Å²) >= 11 is 0. The lowest BCUT2D eigenvalue weighted by atomic mass is 9.96. The number of benzene rings is 2. The summed E-state index contributed by atoms with van der Waals surface area (Å²) < 4.78 is 13.8. The lowest BCUT2D eigenvalue weighted by molar-refractivity contribution is 0.189. The van der Waals surface area contributed by atoms with Gasteiger partial charge >= 0.3 is 6.09 Å². The summed E-state index contributed by atoms with van der Waals surface area (Å²) in [6.45, 7) is 5.34. The van der Waals surface area contributed by atoms with E-state index in [0.717, 1.165) is 61.0 Å². The van der Waals surface area contributed by atoms with E-state index in [1.54, 1.807) is 0 Å². The first-order chi connectivity index (χ1) is 17.2. The maximum Gasteiger partial charge on any atom is 0.414 e. The molecule has 0 radical (unpaired) electrons. The standard InChI is InChI=1S/C29H37N3O3/c1-22-9-7-18-31(22)19-8-20-34-26-16-14-25(15-17-26)32-27-13-6-5-10-23(27)21-28(32)35-29(33)30-24-11-3-2-4-12-24/h5-6,10,13-17,21-22,24H,2-4,7-9,11-12,18-20H2,1H3,(H,30,33)/t22-/m1/s1. The Hall–Kier alpha value is -2.99. The van der Waals surface area contributed by atoms with Crippen molar-refractivity contribution in [3.05, 3.63) is 54.6 Å². The lowest BCUT2D eigenvalue weighted by Gasteiger charge is -2.22. The summed E-state index contributed by atoms with van der Waals surface area (Å²) in [6.07, 6.45) is 8.89. The van der Waals surface area contributed by atoms with Gasteiger partial charge in [0, 0.05) is 35.8 Å². The van der Waals surface area contributed by atoms with E-state index in [9.17, 15) is 4.79 Å². The molecule has 2 aromatic carbocycles. The summed E-state index contributed by atoms with van der Waals surface area (Å²) in [5, 5.41) is 4.08. The second-order valence-electron chi connectivity index (χ2n) is 9.97. The first-order valence-corrected chi connectivity index (χ1v) is 13.2. The predicted octanol–water partition coefficient (Wildman–Crippen LogP) is 6.30. The summed E-state index contributed by atoms with van der Waals surface area (Å²) in [7, 11) is 0. The Bertz CT molecular complexity index is 1120. The normalized spacial score (nSPS) is 19.2. The van der Waals surface area contributed by atoms with Crippen LogP contribution in [0, 0.1) is 0 Å². The lowest BCUT2D eigenvalue weighted by Crippen LogP contribution is -2.38. The van der Waals surface area contributed by atoms with E-state index >= 15 is 0 Å². The molecule has 1 atom stereocenters. The van der Waals surface area contributed by atoms with Crippen molar-refractivity contribution in [1.82, 2.24) is 14.8 Å². The van der Waals surface area contributed by atoms with Gasteiger partial charge in [-0.05, 0) is 75.9 Å². The second-order valence-corrected chi connectivity index (χ2v) is 9.97. The molecular formula is C29H37N3O3. The van der Waals surface area contributed by atoms with Crippen molar-refractivity contribution in [2.45, 2.75) is 70.4 Å². The zero-order valence-corrected chi connectivity index (χ0v) is 20.7. The molecule has 2 aliphatic rings. The molecule has 0 unspecified atom stereocenters. The van der Waals surface area contributed by atoms with Gasteiger partial charge in [0.25, 0.3) is 0 Å². The quantitative estimate of drug-likeness (QED) is 0.388. The number of carbonyl (C=O) groups excluding carboxylic acids is 1. The molecule has 3 aromatic rings. The summed E-state index contributed by atoms with van der Waals surface area (Å²) in [6, 6.07) is 19.0. The smallest absolute Gasteiger partial charge is 0.414 e. The highest BCUT2D eigenvalue weighted by Crippen LogP contribution is 2.31. The van der Waals surface area contributed by atoms with Crippen LogP contribution in [-0.2, 0) is 0 Å². The van der Waals surface area contributed by atoms with Gasteiger partial charge in [0.05, 0.1) is 12.1 Å². The van der Waals surface area contributed by atoms with Crippen molar-refractivity contribution < 1.29 is 14.3 Å². The van der Waals surface area contributed by atoms with Gasteiger partial charge < -0.3 is 19.7 Å². The van der Waals surface area contributed by atoms with Crippen LogP contribution < -0.4 is 14.8 Å². The first kappa shape index (κ1) is 23.7. The largest absolute Gasteiger partial charge is 0.494 e. The number of amides is 1. The Morgan fingerprint density at radius 2 is 1.80 bits per heavy atom. The Morgan fingerprint density at radius 3 is 2.57 bits per heavy atom. The molecule has 2 fully saturated rings. The third-order valence-corrected chi connectivity index (χ3v) is 7.45. The van der Waals surface area contributed by atoms with Crippen LogP contribution in [0.25, 0.3) is 16.6 Å². The minimum atomic E-state index is -0.381. The van der Waals surface area contributed by atoms with Crippen molar-refractivity contribution in [2.75, 3.05) is 19.7 Å². The van der Waals surface area contributed by atoms with Gasteiger partial charge in [0.1, 0.15) is 5.75 Å². The molecule has 1 saturated heterocycles. The fourth-order valence-electron chi connectivity index (χ4n) is 5.48. The molecule has 186 valence electrons. The SMILES string of the molecule is C[C@@H]1CCCN1CCCOc1ccc(-n2c(OC(=O)NC3CCCCC3)cc3ccccc32)cc1. The number of aromatic nitrogens is 1. The third kappa shape index (κ3) is 5.81. The maximum atomic E-state index is 12.7. The molecule has 1 aromatic heterocycles. The number of hydrogen-bond donors (Lipinski definition) is 1. The topological polar surface area (TPSA) is 55.7 Å². The Kier molecular flexibility index (Phi) is 7.57. The highest BCUT2D eigenvalue weighted by Gasteiger charge is 2.20. The number of para-hydroxylation sites is 1. The van der Waals surface area contributed by atoms with Crippen molar-refractivity contribution in [2.24, 2.45) is 0 Å². The summed E-state index contributed by atoms with van der Waals surface area (Å²) in [4.78, 5) is 15.2. The van der Waals surface area contributed by atoms with Gasteiger partial charge in [0.2, 0.25) is 5.88 Å². The fourth-order valence-corrected chi connectivity index (χ4v) is 5.48. The van der Waals surface area contributed by atoms with Crippen molar-refractivity contribution in [1.29, 1.82) is 0 Å². The molecule has 2 heterocycles. The van der Waals surface area contributed by atoms with Crippen LogP contribution in [-0.4, -0.2) is 47.3 Å². The fraction of sp³-hybridized carbons (Fsp3) is 0.483. The number of carbonyl (C=O) groups is 1. The third-order valence-electron chi connectivity index (χ3n) is 7.45. The van der Waals surface area contributed by atoms with Crippen LogP contribution in [0.4, 0.5) is 4.79 Å². The summed E-state index contributed by atoms with van der Waals surface area (Å²) in [5.41, 5.74) is 1.94. The number of hydrogen-bond acceptors (Lipinski definition) is 4. The molecule has 5 rings (SSSR count).